The van der Waals surface area contributed by atoms with Gasteiger partial charge in [-0.05, 0) is 0 Å². The number of alkyl halides is 1. The molecule has 0 bridgehead atoms. The van der Waals surface area contributed by atoms with Crippen LogP contribution in [0.4, 0.5) is 0 Å². The quantitative estimate of drug-likeness (QED) is 0.706. The molecule has 0 saturated carbocycles. The summed E-state index contributed by atoms with van der Waals surface area (Å²) in [5, 5.41) is 0. The van der Waals surface area contributed by atoms with Gasteiger partial charge in [-0.1, -0.05) is 0 Å². The number of imidazole rings is 1. The highest BCUT2D eigenvalue weighted by molar-refractivity contribution is 6.16. The van der Waals surface area contributed by atoms with E-state index in [1.807, 2.05) is 4.57 Å². The van der Waals surface area contributed by atoms with Crippen molar-refractivity contribution in [1.82, 2.24) is 14.5 Å². The van der Waals surface area contributed by atoms with Crippen LogP contribution in [0.2, 0.25) is 0 Å². The molecule has 0 spiro atoms. The van der Waals surface area contributed by atoms with Gasteiger partial charge in [-0.3, -0.25) is 4.79 Å². The zero-order valence-electron chi connectivity index (χ0n) is 8.40. The molecule has 1 aromatic heterocycles. The minimum absolute atomic E-state index is 0.110. The molecule has 0 aliphatic carbocycles. The van der Waals surface area contributed by atoms with E-state index in [0.717, 1.165) is 5.69 Å². The zero-order chi connectivity index (χ0) is 10.6. The molecule has 0 aliphatic rings. The number of carbonyl (C=O) groups excluding carboxylic acids is 1. The van der Waals surface area contributed by atoms with E-state index in [4.69, 9.17) is 11.6 Å². The van der Waals surface area contributed by atoms with Crippen LogP contribution in [0.1, 0.15) is 12.1 Å². The summed E-state index contributed by atoms with van der Waals surface area (Å²) in [6, 6.07) is 0. The van der Waals surface area contributed by atoms with Crippen LogP contribution in [-0.4, -0.2) is 34.5 Å². The molecular weight excluding hydrogens is 202 g/mol. The van der Waals surface area contributed by atoms with Gasteiger partial charge in [0.1, 0.15) is 0 Å². The van der Waals surface area contributed by atoms with Crippen molar-refractivity contribution in [3.05, 3.63) is 18.2 Å². The Kier molecular flexibility index (Phi) is 3.95. The van der Waals surface area contributed by atoms with E-state index in [1.165, 1.54) is 0 Å². The van der Waals surface area contributed by atoms with E-state index >= 15 is 0 Å². The van der Waals surface area contributed by atoms with Crippen molar-refractivity contribution >= 4 is 17.5 Å². The van der Waals surface area contributed by atoms with Crippen LogP contribution in [0, 0.1) is 0 Å². The van der Waals surface area contributed by atoms with Crippen LogP contribution in [0.5, 0.6) is 0 Å². The fraction of sp³-hybridized carbons (Fsp3) is 0.556. The fourth-order valence-electron chi connectivity index (χ4n) is 1.10. The van der Waals surface area contributed by atoms with E-state index in [-0.39, 0.29) is 5.91 Å². The Labute approximate surface area is 88.5 Å². The topological polar surface area (TPSA) is 38.1 Å². The van der Waals surface area contributed by atoms with Gasteiger partial charge in [0.2, 0.25) is 5.91 Å². The molecule has 5 heteroatoms. The van der Waals surface area contributed by atoms with Crippen LogP contribution in [0.25, 0.3) is 0 Å². The first kappa shape index (κ1) is 11.0. The van der Waals surface area contributed by atoms with Crippen molar-refractivity contribution in [2.75, 3.05) is 14.1 Å². The third-order valence-corrected chi connectivity index (χ3v) is 2.27. The van der Waals surface area contributed by atoms with Gasteiger partial charge in [-0.2, -0.15) is 0 Å². The van der Waals surface area contributed by atoms with Crippen molar-refractivity contribution in [3.63, 3.8) is 0 Å². The molecule has 0 fully saturated rings. The summed E-state index contributed by atoms with van der Waals surface area (Å²) in [5.74, 6) is 0.537. The summed E-state index contributed by atoms with van der Waals surface area (Å²) in [6.45, 7) is 0.638. The maximum Gasteiger partial charge on any atom is 0.223 e. The maximum absolute atomic E-state index is 11.3. The first-order valence-electron chi connectivity index (χ1n) is 4.40. The maximum atomic E-state index is 11.3. The van der Waals surface area contributed by atoms with Gasteiger partial charge in [0, 0.05) is 33.3 Å². The SMILES string of the molecule is CN(C)C(=O)CCn1cncc1CCl. The number of carbonyl (C=O) groups is 1. The van der Waals surface area contributed by atoms with Crippen molar-refractivity contribution in [2.24, 2.45) is 0 Å². The van der Waals surface area contributed by atoms with Crippen molar-refractivity contribution in [1.29, 1.82) is 0 Å². The Morgan fingerprint density at radius 2 is 2.36 bits per heavy atom. The number of rotatable bonds is 4. The average Bonchev–Trinajstić information content (AvgIpc) is 2.60. The van der Waals surface area contributed by atoms with Gasteiger partial charge in [0.15, 0.2) is 0 Å². The number of aromatic nitrogens is 2. The lowest BCUT2D eigenvalue weighted by Gasteiger charge is -2.11. The summed E-state index contributed by atoms with van der Waals surface area (Å²) in [4.78, 5) is 16.8. The highest BCUT2D eigenvalue weighted by Crippen LogP contribution is 2.04. The molecular formula is C9H14ClN3O. The Hall–Kier alpha value is -1.03. The number of nitrogens with zero attached hydrogens (tertiary/aromatic N) is 3. The summed E-state index contributed by atoms with van der Waals surface area (Å²) in [5.41, 5.74) is 0.943. The number of halogens is 1. The smallest absolute Gasteiger partial charge is 0.223 e. The third kappa shape index (κ3) is 2.73. The monoisotopic (exact) mass is 215 g/mol. The van der Waals surface area contributed by atoms with E-state index in [0.29, 0.717) is 18.8 Å². The van der Waals surface area contributed by atoms with E-state index in [9.17, 15) is 4.79 Å². The first-order valence-corrected chi connectivity index (χ1v) is 4.93. The van der Waals surface area contributed by atoms with Crippen LogP contribution in [0.15, 0.2) is 12.5 Å². The lowest BCUT2D eigenvalue weighted by molar-refractivity contribution is -0.128. The predicted octanol–water partition coefficient (Wildman–Crippen LogP) is 1.10. The largest absolute Gasteiger partial charge is 0.349 e. The standard InChI is InChI=1S/C9H14ClN3O/c1-12(2)9(14)3-4-13-7-11-6-8(13)5-10/h6-7H,3-5H2,1-2H3. The second-order valence-corrected chi connectivity index (χ2v) is 3.52. The minimum atomic E-state index is 0.110. The lowest BCUT2D eigenvalue weighted by atomic mass is 10.3. The lowest BCUT2D eigenvalue weighted by Crippen LogP contribution is -2.23. The molecule has 78 valence electrons. The molecule has 1 amide bonds. The van der Waals surface area contributed by atoms with Crippen molar-refractivity contribution < 1.29 is 4.79 Å². The molecule has 0 saturated heterocycles. The average molecular weight is 216 g/mol. The predicted molar refractivity (Wildman–Crippen MR) is 55.1 cm³/mol. The Morgan fingerprint density at radius 3 is 2.93 bits per heavy atom. The summed E-state index contributed by atoms with van der Waals surface area (Å²) in [7, 11) is 3.50. The van der Waals surface area contributed by atoms with Gasteiger partial charge in [-0.25, -0.2) is 4.98 Å². The molecule has 1 heterocycles. The second kappa shape index (κ2) is 5.00. The van der Waals surface area contributed by atoms with Crippen LogP contribution in [-0.2, 0) is 17.2 Å². The normalized spacial score (nSPS) is 10.2. The minimum Gasteiger partial charge on any atom is -0.349 e. The van der Waals surface area contributed by atoms with Crippen molar-refractivity contribution in [2.45, 2.75) is 18.8 Å². The number of amides is 1. The number of aryl methyl sites for hydroxylation is 1. The number of hydrogen-bond donors (Lipinski definition) is 0. The van der Waals surface area contributed by atoms with E-state index in [2.05, 4.69) is 4.98 Å². The van der Waals surface area contributed by atoms with Gasteiger partial charge < -0.3 is 9.47 Å². The molecule has 1 aromatic rings. The molecule has 0 N–H and O–H groups in total. The molecule has 0 atom stereocenters. The Morgan fingerprint density at radius 1 is 1.64 bits per heavy atom. The van der Waals surface area contributed by atoms with E-state index < -0.39 is 0 Å². The highest BCUT2D eigenvalue weighted by atomic mass is 35.5. The molecule has 4 nitrogen and oxygen atoms in total. The third-order valence-electron chi connectivity index (χ3n) is 2.00. The molecule has 0 radical (unpaired) electrons. The second-order valence-electron chi connectivity index (χ2n) is 3.25. The summed E-state index contributed by atoms with van der Waals surface area (Å²) in [6.07, 6.45) is 3.89. The van der Waals surface area contributed by atoms with Crippen LogP contribution >= 0.6 is 11.6 Å². The fourth-order valence-corrected chi connectivity index (χ4v) is 1.32. The molecule has 0 aliphatic heterocycles. The van der Waals surface area contributed by atoms with Gasteiger partial charge >= 0.3 is 0 Å². The Balaban J connectivity index is 2.49. The Bertz CT molecular complexity index is 309. The summed E-state index contributed by atoms with van der Waals surface area (Å²) >= 11 is 5.70. The van der Waals surface area contributed by atoms with Gasteiger partial charge in [0.05, 0.1) is 17.9 Å². The zero-order valence-corrected chi connectivity index (χ0v) is 9.16. The van der Waals surface area contributed by atoms with Gasteiger partial charge in [0.25, 0.3) is 0 Å². The highest BCUT2D eigenvalue weighted by Gasteiger charge is 2.05. The number of hydrogen-bond acceptors (Lipinski definition) is 2. The molecule has 14 heavy (non-hydrogen) atoms. The molecule has 0 aromatic carbocycles. The molecule has 0 unspecified atom stereocenters. The van der Waals surface area contributed by atoms with Crippen LogP contribution in [0.3, 0.4) is 0 Å². The van der Waals surface area contributed by atoms with E-state index in [1.54, 1.807) is 31.5 Å². The molecule has 1 rings (SSSR count). The van der Waals surface area contributed by atoms with Crippen molar-refractivity contribution in [3.8, 4) is 0 Å². The first-order chi connectivity index (χ1) is 6.65. The summed E-state index contributed by atoms with van der Waals surface area (Å²) < 4.78 is 1.90. The van der Waals surface area contributed by atoms with Gasteiger partial charge in [-0.15, -0.1) is 11.6 Å². The van der Waals surface area contributed by atoms with Crippen LogP contribution < -0.4 is 0 Å².